The summed E-state index contributed by atoms with van der Waals surface area (Å²) in [5.74, 6) is 0.837. The number of carbonyl (C=O) groups excluding carboxylic acids is 1. The Morgan fingerprint density at radius 2 is 2.24 bits per heavy atom. The quantitative estimate of drug-likeness (QED) is 0.708. The van der Waals surface area contributed by atoms with Crippen LogP contribution in [0.1, 0.15) is 30.6 Å². The average molecular weight is 233 g/mol. The minimum absolute atomic E-state index is 0.345. The van der Waals surface area contributed by atoms with E-state index in [0.29, 0.717) is 36.4 Å². The fourth-order valence-electron chi connectivity index (χ4n) is 1.36. The van der Waals surface area contributed by atoms with Gasteiger partial charge in [0, 0.05) is 0 Å². The molecule has 90 valence electrons. The van der Waals surface area contributed by atoms with Gasteiger partial charge in [-0.15, -0.1) is 0 Å². The third kappa shape index (κ3) is 3.22. The van der Waals surface area contributed by atoms with Gasteiger partial charge in [0.2, 0.25) is 0 Å². The van der Waals surface area contributed by atoms with Gasteiger partial charge in [0.15, 0.2) is 23.9 Å². The predicted molar refractivity (Wildman–Crippen MR) is 63.3 cm³/mol. The number of hydrogen-bond donors (Lipinski definition) is 0. The molecule has 4 nitrogen and oxygen atoms in total. The Labute approximate surface area is 101 Å². The third-order valence-corrected chi connectivity index (χ3v) is 2.21. The van der Waals surface area contributed by atoms with E-state index >= 15 is 0 Å². The van der Waals surface area contributed by atoms with Gasteiger partial charge in [-0.05, 0) is 25.5 Å². The van der Waals surface area contributed by atoms with Crippen LogP contribution in [0.2, 0.25) is 0 Å². The van der Waals surface area contributed by atoms with Crippen molar-refractivity contribution < 1.29 is 14.3 Å². The summed E-state index contributed by atoms with van der Waals surface area (Å²) in [6.07, 6.45) is 0.673. The molecule has 1 rings (SSSR count). The maximum atomic E-state index is 10.9. The molecular formula is C13H15NO3. The van der Waals surface area contributed by atoms with Crippen molar-refractivity contribution in [3.05, 3.63) is 23.8 Å². The molecule has 0 bridgehead atoms. The lowest BCUT2D eigenvalue weighted by Crippen LogP contribution is -2.14. The lowest BCUT2D eigenvalue weighted by molar-refractivity contribution is 0.111. The number of nitrogens with zero attached hydrogens (tertiary/aromatic N) is 1. The van der Waals surface area contributed by atoms with Crippen molar-refractivity contribution in [1.29, 1.82) is 5.26 Å². The van der Waals surface area contributed by atoms with Crippen LogP contribution in [0.3, 0.4) is 0 Å². The molecule has 0 amide bonds. The van der Waals surface area contributed by atoms with Gasteiger partial charge >= 0.3 is 0 Å². The summed E-state index contributed by atoms with van der Waals surface area (Å²) in [6, 6.07) is 7.10. The molecule has 0 saturated carbocycles. The van der Waals surface area contributed by atoms with Gasteiger partial charge in [0.05, 0.1) is 12.2 Å². The molecule has 0 aliphatic heterocycles. The molecule has 0 fully saturated rings. The molecule has 1 atom stereocenters. The standard InChI is InChI=1S/C13H15NO3/c1-3-11(8-14)17-13-10(9-15)6-5-7-12(13)16-4-2/h5-7,9,11H,3-4H2,1-2H3. The summed E-state index contributed by atoms with van der Waals surface area (Å²) < 4.78 is 10.9. The summed E-state index contributed by atoms with van der Waals surface area (Å²) in [6.45, 7) is 4.17. The first-order valence-electron chi connectivity index (χ1n) is 5.54. The average Bonchev–Trinajstić information content (AvgIpc) is 2.37. The molecular weight excluding hydrogens is 218 g/mol. The van der Waals surface area contributed by atoms with Crippen molar-refractivity contribution in [3.8, 4) is 17.6 Å². The molecule has 1 unspecified atom stereocenters. The van der Waals surface area contributed by atoms with Gasteiger partial charge in [0.25, 0.3) is 0 Å². The predicted octanol–water partition coefficient (Wildman–Crippen LogP) is 2.58. The second-order valence-electron chi connectivity index (χ2n) is 3.37. The molecule has 0 spiro atoms. The summed E-state index contributed by atoms with van der Waals surface area (Å²) >= 11 is 0. The number of hydrogen-bond acceptors (Lipinski definition) is 4. The van der Waals surface area contributed by atoms with Crippen molar-refractivity contribution in [1.82, 2.24) is 0 Å². The lowest BCUT2D eigenvalue weighted by Gasteiger charge is -2.15. The van der Waals surface area contributed by atoms with Gasteiger partial charge < -0.3 is 9.47 Å². The molecule has 0 saturated heterocycles. The number of rotatable bonds is 6. The van der Waals surface area contributed by atoms with Gasteiger partial charge in [-0.2, -0.15) is 5.26 Å². The zero-order valence-corrected chi connectivity index (χ0v) is 9.97. The topological polar surface area (TPSA) is 59.3 Å². The van der Waals surface area contributed by atoms with Crippen LogP contribution in [-0.2, 0) is 0 Å². The molecule has 4 heteroatoms. The minimum atomic E-state index is -0.574. The van der Waals surface area contributed by atoms with Crippen LogP contribution in [0.15, 0.2) is 18.2 Å². The number of ether oxygens (including phenoxy) is 2. The Bertz CT molecular complexity index is 423. The smallest absolute Gasteiger partial charge is 0.184 e. The number of para-hydroxylation sites is 1. The van der Waals surface area contributed by atoms with Gasteiger partial charge in [-0.1, -0.05) is 13.0 Å². The van der Waals surface area contributed by atoms with Gasteiger partial charge in [-0.25, -0.2) is 0 Å². The zero-order chi connectivity index (χ0) is 12.7. The molecule has 1 aromatic rings. The highest BCUT2D eigenvalue weighted by atomic mass is 16.5. The van der Waals surface area contributed by atoms with Crippen molar-refractivity contribution in [3.63, 3.8) is 0 Å². The first-order valence-corrected chi connectivity index (χ1v) is 5.54. The fourth-order valence-corrected chi connectivity index (χ4v) is 1.36. The van der Waals surface area contributed by atoms with Crippen molar-refractivity contribution in [2.75, 3.05) is 6.61 Å². The number of carbonyl (C=O) groups is 1. The van der Waals surface area contributed by atoms with Crippen LogP contribution in [-0.4, -0.2) is 19.0 Å². The number of benzene rings is 1. The van der Waals surface area contributed by atoms with E-state index in [2.05, 4.69) is 0 Å². The van der Waals surface area contributed by atoms with E-state index in [9.17, 15) is 4.79 Å². The Hall–Kier alpha value is -2.02. The number of aldehydes is 1. The third-order valence-electron chi connectivity index (χ3n) is 2.21. The van der Waals surface area contributed by atoms with Gasteiger partial charge in [-0.3, -0.25) is 4.79 Å². The highest BCUT2D eigenvalue weighted by Gasteiger charge is 2.15. The largest absolute Gasteiger partial charge is 0.490 e. The van der Waals surface area contributed by atoms with Crippen LogP contribution in [0.5, 0.6) is 11.5 Å². The highest BCUT2D eigenvalue weighted by molar-refractivity contribution is 5.81. The van der Waals surface area contributed by atoms with E-state index in [4.69, 9.17) is 14.7 Å². The first-order chi connectivity index (χ1) is 8.26. The molecule has 0 radical (unpaired) electrons. The monoisotopic (exact) mass is 233 g/mol. The van der Waals surface area contributed by atoms with E-state index in [1.807, 2.05) is 19.9 Å². The Kier molecular flexibility index (Phi) is 5.02. The van der Waals surface area contributed by atoms with Crippen LogP contribution in [0, 0.1) is 11.3 Å². The maximum absolute atomic E-state index is 10.9. The Morgan fingerprint density at radius 1 is 1.47 bits per heavy atom. The minimum Gasteiger partial charge on any atom is -0.490 e. The van der Waals surface area contributed by atoms with Crippen LogP contribution >= 0.6 is 0 Å². The molecule has 0 aromatic heterocycles. The van der Waals surface area contributed by atoms with E-state index in [-0.39, 0.29) is 0 Å². The van der Waals surface area contributed by atoms with Crippen molar-refractivity contribution in [2.24, 2.45) is 0 Å². The van der Waals surface area contributed by atoms with Crippen molar-refractivity contribution in [2.45, 2.75) is 26.4 Å². The molecule has 0 aliphatic carbocycles. The fraction of sp³-hybridized carbons (Fsp3) is 0.385. The second-order valence-corrected chi connectivity index (χ2v) is 3.37. The first kappa shape index (κ1) is 13.0. The van der Waals surface area contributed by atoms with Gasteiger partial charge in [0.1, 0.15) is 6.07 Å². The second kappa shape index (κ2) is 6.54. The Balaban J connectivity index is 3.08. The van der Waals surface area contributed by atoms with E-state index < -0.39 is 6.10 Å². The summed E-state index contributed by atoms with van der Waals surface area (Å²) in [7, 11) is 0. The molecule has 0 heterocycles. The molecule has 0 N–H and O–H groups in total. The zero-order valence-electron chi connectivity index (χ0n) is 9.97. The SMILES string of the molecule is CCOc1cccc(C=O)c1OC(C#N)CC. The summed E-state index contributed by atoms with van der Waals surface area (Å²) in [5.41, 5.74) is 0.393. The Morgan fingerprint density at radius 3 is 2.76 bits per heavy atom. The van der Waals surface area contributed by atoms with E-state index in [0.717, 1.165) is 0 Å². The number of nitriles is 1. The maximum Gasteiger partial charge on any atom is 0.184 e. The molecule has 1 aromatic carbocycles. The normalized spacial score (nSPS) is 11.4. The van der Waals surface area contributed by atoms with Crippen LogP contribution in [0.25, 0.3) is 0 Å². The van der Waals surface area contributed by atoms with E-state index in [1.165, 1.54) is 0 Å². The molecule has 17 heavy (non-hydrogen) atoms. The van der Waals surface area contributed by atoms with Crippen LogP contribution < -0.4 is 9.47 Å². The van der Waals surface area contributed by atoms with Crippen molar-refractivity contribution >= 4 is 6.29 Å². The lowest BCUT2D eigenvalue weighted by atomic mass is 10.2. The highest BCUT2D eigenvalue weighted by Crippen LogP contribution is 2.31. The summed E-state index contributed by atoms with van der Waals surface area (Å²) in [5, 5.41) is 8.87. The summed E-state index contributed by atoms with van der Waals surface area (Å²) in [4.78, 5) is 10.9. The van der Waals surface area contributed by atoms with E-state index in [1.54, 1.807) is 18.2 Å². The van der Waals surface area contributed by atoms with Crippen LogP contribution in [0.4, 0.5) is 0 Å². The molecule has 0 aliphatic rings.